The number of hydrogen-bond acceptors (Lipinski definition) is 12. The van der Waals surface area contributed by atoms with Crippen molar-refractivity contribution in [1.82, 2.24) is 0 Å². The summed E-state index contributed by atoms with van der Waals surface area (Å²) < 4.78 is 22.2. The molecule has 9 atom stereocenters. The summed E-state index contributed by atoms with van der Waals surface area (Å²) >= 11 is 0. The van der Waals surface area contributed by atoms with Crippen molar-refractivity contribution in [2.75, 3.05) is 19.8 Å². The van der Waals surface area contributed by atoms with Crippen LogP contribution in [0.2, 0.25) is 0 Å². The lowest BCUT2D eigenvalue weighted by Crippen LogP contribution is -2.47. The van der Waals surface area contributed by atoms with Crippen LogP contribution < -0.4 is 0 Å². The Bertz CT molecular complexity index is 897. The third-order valence-electron chi connectivity index (χ3n) is 8.33. The van der Waals surface area contributed by atoms with Gasteiger partial charge in [0.1, 0.15) is 24.9 Å². The molecule has 0 amide bonds. The van der Waals surface area contributed by atoms with Crippen LogP contribution in [0.25, 0.3) is 0 Å². The highest BCUT2D eigenvalue weighted by atomic mass is 16.7. The van der Waals surface area contributed by atoms with Crippen molar-refractivity contribution in [3.05, 3.63) is 0 Å². The van der Waals surface area contributed by atoms with Crippen LogP contribution in [-0.2, 0) is 23.7 Å². The highest BCUT2D eigenvalue weighted by molar-refractivity contribution is 5.70. The van der Waals surface area contributed by atoms with Crippen molar-refractivity contribution in [2.24, 2.45) is 27.6 Å². The summed E-state index contributed by atoms with van der Waals surface area (Å²) in [5.74, 6) is -1.24. The minimum atomic E-state index is -2.21. The Balaban J connectivity index is 2.64. The summed E-state index contributed by atoms with van der Waals surface area (Å²) in [6, 6.07) is 0. The predicted molar refractivity (Wildman–Crippen MR) is 172 cm³/mol. The highest BCUT2D eigenvalue weighted by Gasteiger charge is 2.46. The van der Waals surface area contributed by atoms with Crippen LogP contribution in [0.1, 0.15) is 108 Å². The first-order valence-corrected chi connectivity index (χ1v) is 16.6. The molecular weight excluding hydrogens is 600 g/mol. The zero-order chi connectivity index (χ0) is 35.8. The minimum Gasteiger partial charge on any atom is -0.463 e. The van der Waals surface area contributed by atoms with Gasteiger partial charge < -0.3 is 54.7 Å². The second-order valence-electron chi connectivity index (χ2n) is 17.1. The fourth-order valence-electron chi connectivity index (χ4n) is 6.81. The molecule has 1 heterocycles. The average Bonchev–Trinajstić information content (AvgIpc) is 3.57. The summed E-state index contributed by atoms with van der Waals surface area (Å²) in [6.45, 7) is 21.1. The quantitative estimate of drug-likeness (QED) is 0.0507. The number of carbonyl (C=O) groups is 1. The second-order valence-corrected chi connectivity index (χ2v) is 17.1. The monoisotopic (exact) mass is 666 g/mol. The number of esters is 1. The zero-order valence-corrected chi connectivity index (χ0v) is 30.1. The maximum absolute atomic E-state index is 12.9. The molecule has 0 aromatic carbocycles. The van der Waals surface area contributed by atoms with Crippen molar-refractivity contribution in [3.8, 4) is 0 Å². The van der Waals surface area contributed by atoms with Crippen molar-refractivity contribution < 1.29 is 59.5 Å². The molecule has 1 aliphatic heterocycles. The number of hydrogen-bond donors (Lipinski definition) is 7. The fraction of sp³-hybridized carbons (Fsp3) is 0.971. The van der Waals surface area contributed by atoms with E-state index < -0.39 is 80.2 Å². The van der Waals surface area contributed by atoms with Crippen molar-refractivity contribution in [1.29, 1.82) is 0 Å². The second kappa shape index (κ2) is 17.6. The van der Waals surface area contributed by atoms with Gasteiger partial charge in [-0.2, -0.15) is 0 Å². The van der Waals surface area contributed by atoms with E-state index in [4.69, 9.17) is 24.1 Å². The summed E-state index contributed by atoms with van der Waals surface area (Å²) in [7, 11) is 0. The molecule has 0 aromatic heterocycles. The topological polar surface area (TPSA) is 199 Å². The van der Waals surface area contributed by atoms with Crippen LogP contribution in [0, 0.1) is 27.6 Å². The fourth-order valence-corrected chi connectivity index (χ4v) is 6.81. The molecule has 0 saturated carbocycles. The van der Waals surface area contributed by atoms with Gasteiger partial charge in [0.15, 0.2) is 0 Å². The first-order valence-electron chi connectivity index (χ1n) is 16.6. The summed E-state index contributed by atoms with van der Waals surface area (Å²) in [5, 5.41) is 69.1. The molecular formula is C34H66O12. The summed E-state index contributed by atoms with van der Waals surface area (Å²) in [5.41, 5.74) is -0.0523. The largest absolute Gasteiger partial charge is 0.463 e. The Labute approximate surface area is 276 Å². The molecule has 274 valence electrons. The average molecular weight is 667 g/mol. The molecule has 1 saturated heterocycles. The Hall–Kier alpha value is -0.930. The van der Waals surface area contributed by atoms with E-state index in [-0.39, 0.29) is 34.9 Å². The van der Waals surface area contributed by atoms with Gasteiger partial charge in [-0.1, -0.05) is 69.2 Å². The van der Waals surface area contributed by atoms with E-state index in [2.05, 4.69) is 48.5 Å². The van der Waals surface area contributed by atoms with Crippen LogP contribution >= 0.6 is 0 Å². The van der Waals surface area contributed by atoms with E-state index in [1.807, 2.05) is 13.8 Å². The molecule has 0 aromatic rings. The van der Waals surface area contributed by atoms with Gasteiger partial charge in [-0.15, -0.1) is 0 Å². The first-order chi connectivity index (χ1) is 20.8. The molecule has 0 radical (unpaired) electrons. The molecule has 12 nitrogen and oxygen atoms in total. The van der Waals surface area contributed by atoms with E-state index in [0.717, 1.165) is 25.7 Å². The Morgan fingerprint density at radius 1 is 0.761 bits per heavy atom. The van der Waals surface area contributed by atoms with E-state index in [0.29, 0.717) is 0 Å². The highest BCUT2D eigenvalue weighted by Crippen LogP contribution is 2.47. The SMILES string of the molecule is CC(CO)[C@@H](O)[C@H](O)[C@H](O)COC(OC(COC(=O)CC(C)(C)CC(C)(C)CC1OC1CC(C)(C)CC(C)(C)C)[C@H](C)O)C(O)O. The standard InChI is InChI=1S/C34H66O12/c1-20(15-35)27(39)28(40)22(37)16-44-30(29(41)42)46-25(21(2)36)17-43-26(38)14-34(10,11)19-33(8,9)13-24-23(45-24)12-32(6,7)18-31(3,4)5/h20-25,27-30,35-37,39-42H,12-19H2,1-11H3/t20?,21-,22+,23?,24?,25?,27+,28+,30?/m0/s1. The van der Waals surface area contributed by atoms with Crippen LogP contribution in [0.15, 0.2) is 0 Å². The van der Waals surface area contributed by atoms with Gasteiger partial charge in [0, 0.05) is 12.5 Å². The Morgan fingerprint density at radius 2 is 1.28 bits per heavy atom. The summed E-state index contributed by atoms with van der Waals surface area (Å²) in [6.07, 6.45) is -6.87. The van der Waals surface area contributed by atoms with Crippen LogP contribution in [-0.4, -0.2) is 117 Å². The van der Waals surface area contributed by atoms with E-state index in [1.165, 1.54) is 13.8 Å². The molecule has 0 aliphatic carbocycles. The third-order valence-corrected chi connectivity index (χ3v) is 8.33. The molecule has 7 N–H and O–H groups in total. The van der Waals surface area contributed by atoms with Gasteiger partial charge in [0.05, 0.1) is 37.4 Å². The zero-order valence-electron chi connectivity index (χ0n) is 30.1. The van der Waals surface area contributed by atoms with E-state index in [1.54, 1.807) is 0 Å². The van der Waals surface area contributed by atoms with Gasteiger partial charge in [0.25, 0.3) is 0 Å². The van der Waals surface area contributed by atoms with Crippen LogP contribution in [0.3, 0.4) is 0 Å². The van der Waals surface area contributed by atoms with Crippen molar-refractivity contribution >= 4 is 5.97 Å². The van der Waals surface area contributed by atoms with Crippen LogP contribution in [0.5, 0.6) is 0 Å². The normalized spacial score (nSPS) is 22.6. The first kappa shape index (κ1) is 43.1. The molecule has 1 fully saturated rings. The van der Waals surface area contributed by atoms with Crippen molar-refractivity contribution in [3.63, 3.8) is 0 Å². The lowest BCUT2D eigenvalue weighted by Gasteiger charge is -2.35. The lowest BCUT2D eigenvalue weighted by atomic mass is 9.70. The van der Waals surface area contributed by atoms with Gasteiger partial charge in [-0.3, -0.25) is 4.79 Å². The number of aliphatic hydroxyl groups excluding tert-OH is 6. The molecule has 5 unspecified atom stereocenters. The Morgan fingerprint density at radius 3 is 1.74 bits per heavy atom. The number of rotatable bonds is 22. The summed E-state index contributed by atoms with van der Waals surface area (Å²) in [4.78, 5) is 12.9. The van der Waals surface area contributed by atoms with Gasteiger partial charge in [-0.25, -0.2) is 0 Å². The molecule has 46 heavy (non-hydrogen) atoms. The lowest BCUT2D eigenvalue weighted by molar-refractivity contribution is -0.289. The van der Waals surface area contributed by atoms with E-state index >= 15 is 0 Å². The van der Waals surface area contributed by atoms with Gasteiger partial charge in [0.2, 0.25) is 12.6 Å². The van der Waals surface area contributed by atoms with Crippen LogP contribution in [0.4, 0.5) is 0 Å². The smallest absolute Gasteiger partial charge is 0.306 e. The number of epoxide rings is 1. The minimum absolute atomic E-state index is 0.0885. The predicted octanol–water partition coefficient (Wildman–Crippen LogP) is 2.50. The van der Waals surface area contributed by atoms with E-state index in [9.17, 15) is 35.4 Å². The van der Waals surface area contributed by atoms with Gasteiger partial charge >= 0.3 is 5.97 Å². The van der Waals surface area contributed by atoms with Crippen molar-refractivity contribution in [2.45, 2.75) is 164 Å². The molecule has 0 spiro atoms. The maximum Gasteiger partial charge on any atom is 0.306 e. The molecule has 1 rings (SSSR count). The molecule has 0 bridgehead atoms. The Kier molecular flexibility index (Phi) is 16.5. The number of ether oxygens (including phenoxy) is 4. The maximum atomic E-state index is 12.9. The number of carbonyl (C=O) groups excluding carboxylic acids is 1. The third kappa shape index (κ3) is 16.5. The molecule has 12 heteroatoms. The van der Waals surface area contributed by atoms with Gasteiger partial charge in [-0.05, 0) is 54.3 Å². The molecule has 1 aliphatic rings. The number of aliphatic hydroxyl groups is 7.